The fraction of sp³-hybridized carbons (Fsp3) is 1.00. The second-order valence-electron chi connectivity index (χ2n) is 5.58. The summed E-state index contributed by atoms with van der Waals surface area (Å²) in [6.07, 6.45) is 7.19. The van der Waals surface area contributed by atoms with E-state index in [9.17, 15) is 5.11 Å². The van der Waals surface area contributed by atoms with Gasteiger partial charge in [0.15, 0.2) is 0 Å². The molecular formula is C15H31NO2S. The van der Waals surface area contributed by atoms with Crippen molar-refractivity contribution in [1.82, 2.24) is 5.32 Å². The molecule has 3 nitrogen and oxygen atoms in total. The Kier molecular flexibility index (Phi) is 9.12. The second kappa shape index (κ2) is 10.0. The summed E-state index contributed by atoms with van der Waals surface area (Å²) in [7, 11) is 1.76. The molecular weight excluding hydrogens is 258 g/mol. The molecule has 0 bridgehead atoms. The number of rotatable bonds is 11. The molecule has 0 aliphatic heterocycles. The molecule has 0 aromatic carbocycles. The van der Waals surface area contributed by atoms with Gasteiger partial charge < -0.3 is 15.2 Å². The lowest BCUT2D eigenvalue weighted by atomic mass is 9.85. The van der Waals surface area contributed by atoms with Crippen LogP contribution in [0.4, 0.5) is 0 Å². The first kappa shape index (κ1) is 17.3. The number of ether oxygens (including phenoxy) is 1. The highest BCUT2D eigenvalue weighted by Gasteiger charge is 2.41. The molecule has 0 spiro atoms. The van der Waals surface area contributed by atoms with Crippen LogP contribution in [0, 0.1) is 5.92 Å². The van der Waals surface area contributed by atoms with Gasteiger partial charge in [-0.1, -0.05) is 13.3 Å². The summed E-state index contributed by atoms with van der Waals surface area (Å²) in [6, 6.07) is 0. The lowest BCUT2D eigenvalue weighted by molar-refractivity contribution is 0.122. The van der Waals surface area contributed by atoms with Gasteiger partial charge in [0.05, 0.1) is 6.61 Å². The molecule has 0 aromatic heterocycles. The van der Waals surface area contributed by atoms with Crippen LogP contribution in [0.5, 0.6) is 0 Å². The van der Waals surface area contributed by atoms with E-state index in [2.05, 4.69) is 12.2 Å². The van der Waals surface area contributed by atoms with E-state index in [0.717, 1.165) is 32.4 Å². The zero-order chi connectivity index (χ0) is 14.0. The molecule has 0 amide bonds. The number of thioether (sulfide) groups is 1. The van der Waals surface area contributed by atoms with Crippen LogP contribution in [0.15, 0.2) is 0 Å². The molecule has 1 fully saturated rings. The first-order valence-corrected chi connectivity index (χ1v) is 8.87. The quantitative estimate of drug-likeness (QED) is 0.574. The average molecular weight is 289 g/mol. The summed E-state index contributed by atoms with van der Waals surface area (Å²) >= 11 is 2.03. The van der Waals surface area contributed by atoms with Crippen molar-refractivity contribution in [2.24, 2.45) is 5.92 Å². The van der Waals surface area contributed by atoms with Crippen molar-refractivity contribution in [2.45, 2.75) is 51.0 Å². The Hall–Kier alpha value is 0.230. The van der Waals surface area contributed by atoms with Crippen molar-refractivity contribution < 1.29 is 9.84 Å². The van der Waals surface area contributed by atoms with Gasteiger partial charge in [-0.05, 0) is 56.1 Å². The minimum atomic E-state index is 0.0170. The minimum absolute atomic E-state index is 0.0170. The Morgan fingerprint density at radius 2 is 2.26 bits per heavy atom. The van der Waals surface area contributed by atoms with Gasteiger partial charge in [-0.25, -0.2) is 0 Å². The number of nitrogens with one attached hydrogen (secondary N) is 1. The highest BCUT2D eigenvalue weighted by molar-refractivity contribution is 7.99. The van der Waals surface area contributed by atoms with Crippen molar-refractivity contribution in [3.8, 4) is 0 Å². The predicted octanol–water partition coefficient (Wildman–Crippen LogP) is 2.68. The Bertz CT molecular complexity index is 228. The summed E-state index contributed by atoms with van der Waals surface area (Å²) in [6.45, 7) is 4.38. The predicted molar refractivity (Wildman–Crippen MR) is 83.9 cm³/mol. The van der Waals surface area contributed by atoms with Crippen LogP contribution >= 0.6 is 11.8 Å². The molecule has 0 radical (unpaired) electrons. The molecule has 0 aromatic rings. The highest BCUT2D eigenvalue weighted by atomic mass is 32.2. The second-order valence-corrected chi connectivity index (χ2v) is 6.80. The average Bonchev–Trinajstić information content (AvgIpc) is 2.84. The molecule has 114 valence electrons. The van der Waals surface area contributed by atoms with E-state index in [1.54, 1.807) is 7.11 Å². The Balaban J connectivity index is 2.26. The molecule has 2 atom stereocenters. The van der Waals surface area contributed by atoms with Gasteiger partial charge in [0.1, 0.15) is 0 Å². The van der Waals surface area contributed by atoms with Gasteiger partial charge in [0.2, 0.25) is 0 Å². The van der Waals surface area contributed by atoms with Crippen LogP contribution < -0.4 is 5.32 Å². The van der Waals surface area contributed by atoms with E-state index in [1.165, 1.54) is 30.8 Å². The summed E-state index contributed by atoms with van der Waals surface area (Å²) in [4.78, 5) is 0. The fourth-order valence-corrected chi connectivity index (χ4v) is 4.05. The summed E-state index contributed by atoms with van der Waals surface area (Å²) in [5.74, 6) is 3.05. The zero-order valence-corrected chi connectivity index (χ0v) is 13.4. The number of aliphatic hydroxyl groups excluding tert-OH is 1. The van der Waals surface area contributed by atoms with Crippen LogP contribution in [-0.2, 0) is 4.74 Å². The third-order valence-corrected chi connectivity index (χ3v) is 5.32. The van der Waals surface area contributed by atoms with Gasteiger partial charge in [-0.3, -0.25) is 0 Å². The van der Waals surface area contributed by atoms with E-state index < -0.39 is 0 Å². The fourth-order valence-electron chi connectivity index (χ4n) is 3.07. The molecule has 2 unspecified atom stereocenters. The van der Waals surface area contributed by atoms with Crippen molar-refractivity contribution in [3.63, 3.8) is 0 Å². The molecule has 4 heteroatoms. The molecule has 0 heterocycles. The Labute approximate surface area is 122 Å². The topological polar surface area (TPSA) is 41.5 Å². The van der Waals surface area contributed by atoms with Crippen LogP contribution in [0.25, 0.3) is 0 Å². The molecule has 2 N–H and O–H groups in total. The molecule has 1 aliphatic rings. The highest BCUT2D eigenvalue weighted by Crippen LogP contribution is 2.38. The maximum absolute atomic E-state index is 9.80. The zero-order valence-electron chi connectivity index (χ0n) is 12.6. The van der Waals surface area contributed by atoms with Gasteiger partial charge in [0.25, 0.3) is 0 Å². The third-order valence-electron chi connectivity index (χ3n) is 4.21. The largest absolute Gasteiger partial charge is 0.394 e. The number of aliphatic hydroxyl groups is 1. The number of hydrogen-bond donors (Lipinski definition) is 2. The molecule has 1 saturated carbocycles. The van der Waals surface area contributed by atoms with E-state index in [0.29, 0.717) is 12.5 Å². The van der Waals surface area contributed by atoms with Crippen molar-refractivity contribution in [3.05, 3.63) is 0 Å². The standard InChI is InChI=1S/C15H31NO2S/c1-3-9-16-15(13-17)8-4-6-14(15)7-12-19-11-5-10-18-2/h14,16-17H,3-13H2,1-2H3. The summed E-state index contributed by atoms with van der Waals surface area (Å²) < 4.78 is 5.06. The van der Waals surface area contributed by atoms with E-state index in [-0.39, 0.29) is 5.54 Å². The van der Waals surface area contributed by atoms with Crippen LogP contribution in [0.2, 0.25) is 0 Å². The van der Waals surface area contributed by atoms with Crippen LogP contribution in [-0.4, -0.2) is 49.0 Å². The van der Waals surface area contributed by atoms with Crippen LogP contribution in [0.3, 0.4) is 0 Å². The molecule has 1 aliphatic carbocycles. The molecule has 1 rings (SSSR count). The lowest BCUT2D eigenvalue weighted by Gasteiger charge is -2.35. The SMILES string of the molecule is CCCNC1(CO)CCCC1CCSCCCOC. The van der Waals surface area contributed by atoms with Gasteiger partial charge >= 0.3 is 0 Å². The maximum Gasteiger partial charge on any atom is 0.0616 e. The van der Waals surface area contributed by atoms with E-state index in [1.807, 2.05) is 11.8 Å². The van der Waals surface area contributed by atoms with Gasteiger partial charge in [-0.2, -0.15) is 11.8 Å². The lowest BCUT2D eigenvalue weighted by Crippen LogP contribution is -2.51. The normalized spacial score (nSPS) is 27.0. The van der Waals surface area contributed by atoms with E-state index >= 15 is 0 Å². The number of methoxy groups -OCH3 is 1. The van der Waals surface area contributed by atoms with Crippen molar-refractivity contribution in [2.75, 3.05) is 38.4 Å². The molecule has 0 saturated heterocycles. The maximum atomic E-state index is 9.80. The molecule has 19 heavy (non-hydrogen) atoms. The third kappa shape index (κ3) is 5.62. The Morgan fingerprint density at radius 3 is 2.95 bits per heavy atom. The number of hydrogen-bond acceptors (Lipinski definition) is 4. The van der Waals surface area contributed by atoms with Gasteiger partial charge in [0, 0.05) is 19.3 Å². The first-order chi connectivity index (χ1) is 9.29. The van der Waals surface area contributed by atoms with Gasteiger partial charge in [-0.15, -0.1) is 0 Å². The van der Waals surface area contributed by atoms with Crippen molar-refractivity contribution in [1.29, 1.82) is 0 Å². The smallest absolute Gasteiger partial charge is 0.0616 e. The minimum Gasteiger partial charge on any atom is -0.394 e. The summed E-state index contributed by atoms with van der Waals surface area (Å²) in [5.41, 5.74) is 0.0170. The van der Waals surface area contributed by atoms with Crippen molar-refractivity contribution >= 4 is 11.8 Å². The van der Waals surface area contributed by atoms with E-state index in [4.69, 9.17) is 4.74 Å². The summed E-state index contributed by atoms with van der Waals surface area (Å²) in [5, 5.41) is 13.4. The monoisotopic (exact) mass is 289 g/mol. The first-order valence-electron chi connectivity index (χ1n) is 7.71. The Morgan fingerprint density at radius 1 is 1.42 bits per heavy atom. The van der Waals surface area contributed by atoms with Crippen LogP contribution in [0.1, 0.15) is 45.4 Å².